The molecule has 1 atom stereocenters. The Hall–Kier alpha value is -1.49. The van der Waals surface area contributed by atoms with Crippen LogP contribution in [-0.2, 0) is 4.79 Å². The van der Waals surface area contributed by atoms with Crippen LogP contribution in [0.4, 0.5) is 0 Å². The highest BCUT2D eigenvalue weighted by Crippen LogP contribution is 2.20. The highest BCUT2D eigenvalue weighted by Gasteiger charge is 2.19. The van der Waals surface area contributed by atoms with Crippen molar-refractivity contribution in [2.24, 2.45) is 0 Å². The molecular weight excluding hydrogens is 230 g/mol. The molecule has 0 aromatic carbocycles. The van der Waals surface area contributed by atoms with Crippen LogP contribution < -0.4 is 0 Å². The van der Waals surface area contributed by atoms with Crippen LogP contribution in [0, 0.1) is 0 Å². The van der Waals surface area contributed by atoms with Crippen molar-refractivity contribution >= 4 is 5.97 Å². The van der Waals surface area contributed by atoms with Crippen LogP contribution in [0.3, 0.4) is 0 Å². The van der Waals surface area contributed by atoms with E-state index >= 15 is 0 Å². The normalized spacial score (nSPS) is 12.9. The maximum absolute atomic E-state index is 10.5. The Morgan fingerprint density at radius 3 is 2.61 bits per heavy atom. The van der Waals surface area contributed by atoms with E-state index in [0.717, 1.165) is 12.2 Å². The Kier molecular flexibility index (Phi) is 5.71. The SMILES string of the molecule is CC(C)N(CCCC(=O)O)C(C)c1cnccn1. The lowest BCUT2D eigenvalue weighted by atomic mass is 10.1. The van der Waals surface area contributed by atoms with Gasteiger partial charge in [0, 0.05) is 31.1 Å². The first-order chi connectivity index (χ1) is 8.52. The molecule has 0 saturated carbocycles. The summed E-state index contributed by atoms with van der Waals surface area (Å²) in [5.41, 5.74) is 0.918. The van der Waals surface area contributed by atoms with Crippen LogP contribution in [0.25, 0.3) is 0 Å². The van der Waals surface area contributed by atoms with Crippen LogP contribution >= 0.6 is 0 Å². The average molecular weight is 251 g/mol. The van der Waals surface area contributed by atoms with Gasteiger partial charge in [0.2, 0.25) is 0 Å². The molecule has 1 unspecified atom stereocenters. The summed E-state index contributed by atoms with van der Waals surface area (Å²) in [7, 11) is 0. The molecule has 1 heterocycles. The molecule has 0 fully saturated rings. The van der Waals surface area contributed by atoms with Gasteiger partial charge in [-0.1, -0.05) is 0 Å². The minimum absolute atomic E-state index is 0.146. The topological polar surface area (TPSA) is 66.3 Å². The van der Waals surface area contributed by atoms with Crippen LogP contribution in [0.2, 0.25) is 0 Å². The van der Waals surface area contributed by atoms with Crippen LogP contribution in [0.15, 0.2) is 18.6 Å². The predicted molar refractivity (Wildman–Crippen MR) is 69.2 cm³/mol. The zero-order valence-electron chi connectivity index (χ0n) is 11.2. The third-order valence-electron chi connectivity index (χ3n) is 2.98. The molecule has 0 aliphatic carbocycles. The van der Waals surface area contributed by atoms with Crippen molar-refractivity contribution in [1.29, 1.82) is 0 Å². The predicted octanol–water partition coefficient (Wildman–Crippen LogP) is 2.11. The smallest absolute Gasteiger partial charge is 0.303 e. The summed E-state index contributed by atoms with van der Waals surface area (Å²) in [6, 6.07) is 0.489. The first kappa shape index (κ1) is 14.6. The van der Waals surface area contributed by atoms with Gasteiger partial charge in [0.05, 0.1) is 11.7 Å². The maximum Gasteiger partial charge on any atom is 0.303 e. The summed E-state index contributed by atoms with van der Waals surface area (Å²) < 4.78 is 0. The van der Waals surface area contributed by atoms with Crippen molar-refractivity contribution < 1.29 is 9.90 Å². The largest absolute Gasteiger partial charge is 0.481 e. The fourth-order valence-electron chi connectivity index (χ4n) is 2.01. The van der Waals surface area contributed by atoms with Gasteiger partial charge in [-0.15, -0.1) is 0 Å². The number of aromatic nitrogens is 2. The standard InChI is InChI=1S/C13H21N3O2/c1-10(2)16(8-4-5-13(17)18)11(3)12-9-14-6-7-15-12/h6-7,9-11H,4-5,8H2,1-3H3,(H,17,18). The summed E-state index contributed by atoms with van der Waals surface area (Å²) in [5, 5.41) is 8.68. The second-order valence-electron chi connectivity index (χ2n) is 4.64. The second-order valence-corrected chi connectivity index (χ2v) is 4.64. The summed E-state index contributed by atoms with van der Waals surface area (Å²) in [4.78, 5) is 21.2. The number of hydrogen-bond acceptors (Lipinski definition) is 4. The summed E-state index contributed by atoms with van der Waals surface area (Å²) in [5.74, 6) is -0.745. The lowest BCUT2D eigenvalue weighted by Crippen LogP contribution is -2.35. The number of carboxylic acid groups (broad SMARTS) is 1. The summed E-state index contributed by atoms with van der Waals surface area (Å²) >= 11 is 0. The number of carbonyl (C=O) groups is 1. The highest BCUT2D eigenvalue weighted by atomic mass is 16.4. The van der Waals surface area contributed by atoms with Crippen molar-refractivity contribution in [2.45, 2.75) is 45.7 Å². The van der Waals surface area contributed by atoms with E-state index < -0.39 is 5.97 Å². The van der Waals surface area contributed by atoms with Gasteiger partial charge >= 0.3 is 5.97 Å². The molecule has 1 aromatic rings. The van der Waals surface area contributed by atoms with Crippen molar-refractivity contribution in [3.05, 3.63) is 24.3 Å². The first-order valence-corrected chi connectivity index (χ1v) is 6.25. The highest BCUT2D eigenvalue weighted by molar-refractivity contribution is 5.66. The minimum Gasteiger partial charge on any atom is -0.481 e. The van der Waals surface area contributed by atoms with Crippen molar-refractivity contribution in [2.75, 3.05) is 6.54 Å². The van der Waals surface area contributed by atoms with Crippen LogP contribution in [-0.4, -0.2) is 38.5 Å². The zero-order chi connectivity index (χ0) is 13.5. The van der Waals surface area contributed by atoms with E-state index in [0.29, 0.717) is 12.5 Å². The van der Waals surface area contributed by atoms with Gasteiger partial charge in [-0.25, -0.2) is 0 Å². The Balaban J connectivity index is 2.64. The lowest BCUT2D eigenvalue weighted by molar-refractivity contribution is -0.137. The monoisotopic (exact) mass is 251 g/mol. The van der Waals surface area contributed by atoms with Gasteiger partial charge in [0.1, 0.15) is 0 Å². The molecule has 0 bridgehead atoms. The third-order valence-corrected chi connectivity index (χ3v) is 2.98. The van der Waals surface area contributed by atoms with Gasteiger partial charge < -0.3 is 5.11 Å². The van der Waals surface area contributed by atoms with Crippen LogP contribution in [0.1, 0.15) is 45.3 Å². The Labute approximate surface area is 108 Å². The number of nitrogens with zero attached hydrogens (tertiary/aromatic N) is 3. The molecule has 18 heavy (non-hydrogen) atoms. The molecule has 0 spiro atoms. The minimum atomic E-state index is -0.745. The average Bonchev–Trinajstić information content (AvgIpc) is 2.34. The van der Waals surface area contributed by atoms with Gasteiger partial charge in [-0.3, -0.25) is 19.7 Å². The molecule has 1 aromatic heterocycles. The third kappa shape index (κ3) is 4.41. The zero-order valence-corrected chi connectivity index (χ0v) is 11.2. The van der Waals surface area contributed by atoms with E-state index in [9.17, 15) is 4.79 Å². The maximum atomic E-state index is 10.5. The molecule has 0 aliphatic rings. The summed E-state index contributed by atoms with van der Waals surface area (Å²) in [6.07, 6.45) is 5.95. The van der Waals surface area contributed by atoms with Crippen molar-refractivity contribution in [3.63, 3.8) is 0 Å². The van der Waals surface area contributed by atoms with E-state index in [4.69, 9.17) is 5.11 Å². The van der Waals surface area contributed by atoms with Gasteiger partial charge in [0.15, 0.2) is 0 Å². The first-order valence-electron chi connectivity index (χ1n) is 6.25. The number of rotatable bonds is 7. The quantitative estimate of drug-likeness (QED) is 0.804. The van der Waals surface area contributed by atoms with E-state index in [2.05, 4.69) is 35.6 Å². The fraction of sp³-hybridized carbons (Fsp3) is 0.615. The van der Waals surface area contributed by atoms with Gasteiger partial charge in [0.25, 0.3) is 0 Å². The molecular formula is C13H21N3O2. The molecule has 0 radical (unpaired) electrons. The molecule has 5 nitrogen and oxygen atoms in total. The molecule has 0 aliphatic heterocycles. The Bertz CT molecular complexity index is 368. The second kappa shape index (κ2) is 7.06. The van der Waals surface area contributed by atoms with E-state index in [1.807, 2.05) is 0 Å². The molecule has 5 heteroatoms. The van der Waals surface area contributed by atoms with Gasteiger partial charge in [-0.05, 0) is 33.7 Å². The molecule has 1 N–H and O–H groups in total. The Morgan fingerprint density at radius 2 is 2.11 bits per heavy atom. The Morgan fingerprint density at radius 1 is 1.39 bits per heavy atom. The molecule has 100 valence electrons. The van der Waals surface area contributed by atoms with E-state index in [1.165, 1.54) is 0 Å². The fourth-order valence-corrected chi connectivity index (χ4v) is 2.01. The number of hydrogen-bond donors (Lipinski definition) is 1. The molecule has 1 rings (SSSR count). The molecule has 0 amide bonds. The van der Waals surface area contributed by atoms with Crippen LogP contribution in [0.5, 0.6) is 0 Å². The van der Waals surface area contributed by atoms with Gasteiger partial charge in [-0.2, -0.15) is 0 Å². The number of aliphatic carboxylic acids is 1. The summed E-state index contributed by atoms with van der Waals surface area (Å²) in [6.45, 7) is 7.04. The molecule has 0 saturated heterocycles. The van der Waals surface area contributed by atoms with Crippen molar-refractivity contribution in [3.8, 4) is 0 Å². The number of carboxylic acids is 1. The van der Waals surface area contributed by atoms with Crippen molar-refractivity contribution in [1.82, 2.24) is 14.9 Å². The lowest BCUT2D eigenvalue weighted by Gasteiger charge is -2.32. The van der Waals surface area contributed by atoms with E-state index in [1.54, 1.807) is 18.6 Å². The van der Waals surface area contributed by atoms with E-state index in [-0.39, 0.29) is 12.5 Å².